The summed E-state index contributed by atoms with van der Waals surface area (Å²) >= 11 is 3.47. The summed E-state index contributed by atoms with van der Waals surface area (Å²) in [6.45, 7) is 0. The minimum atomic E-state index is 0.766. The molecule has 0 aliphatic heterocycles. The number of hydrogen-bond acceptors (Lipinski definition) is 1. The van der Waals surface area contributed by atoms with Crippen molar-refractivity contribution in [2.75, 3.05) is 5.73 Å². The molecular weight excluding hydrogens is 228 g/mol. The van der Waals surface area contributed by atoms with Gasteiger partial charge in [0.25, 0.3) is 0 Å². The van der Waals surface area contributed by atoms with Crippen molar-refractivity contribution in [2.24, 2.45) is 0 Å². The first-order chi connectivity index (χ1) is 6.27. The maximum Gasteiger partial charge on any atom is 0.0593 e. The summed E-state index contributed by atoms with van der Waals surface area (Å²) in [5.74, 6) is 0. The first-order valence-corrected chi connectivity index (χ1v) is 4.75. The van der Waals surface area contributed by atoms with Gasteiger partial charge in [-0.1, -0.05) is 0 Å². The third kappa shape index (κ3) is 1.60. The van der Waals surface area contributed by atoms with Crippen LogP contribution in [-0.4, -0.2) is 4.57 Å². The highest BCUT2D eigenvalue weighted by molar-refractivity contribution is 9.10. The molecule has 0 amide bonds. The second-order valence-electron chi connectivity index (χ2n) is 2.80. The molecule has 2 nitrogen and oxygen atoms in total. The van der Waals surface area contributed by atoms with Crippen molar-refractivity contribution in [3.05, 3.63) is 47.2 Å². The molecule has 2 N–H and O–H groups in total. The van der Waals surface area contributed by atoms with Gasteiger partial charge in [-0.15, -0.1) is 0 Å². The average Bonchev–Trinajstić information content (AvgIpc) is 2.56. The third-order valence-corrected chi connectivity index (χ3v) is 2.49. The zero-order valence-corrected chi connectivity index (χ0v) is 8.53. The monoisotopic (exact) mass is 236 g/mol. The molecule has 0 aliphatic rings. The second kappa shape index (κ2) is 3.26. The summed E-state index contributed by atoms with van der Waals surface area (Å²) in [5, 5.41) is 0. The highest BCUT2D eigenvalue weighted by Gasteiger charge is 2.00. The molecule has 0 atom stereocenters. The third-order valence-electron chi connectivity index (χ3n) is 1.85. The zero-order chi connectivity index (χ0) is 9.26. The molecule has 0 bridgehead atoms. The van der Waals surface area contributed by atoms with Crippen LogP contribution >= 0.6 is 15.9 Å². The first-order valence-electron chi connectivity index (χ1n) is 3.96. The molecule has 0 radical (unpaired) electrons. The minimum absolute atomic E-state index is 0.766. The Bertz CT molecular complexity index is 407. The van der Waals surface area contributed by atoms with E-state index >= 15 is 0 Å². The van der Waals surface area contributed by atoms with Crippen LogP contribution in [0.5, 0.6) is 0 Å². The number of anilines is 1. The molecule has 0 unspecified atom stereocenters. The summed E-state index contributed by atoms with van der Waals surface area (Å²) in [5.41, 5.74) is 7.50. The number of rotatable bonds is 1. The number of halogens is 1. The topological polar surface area (TPSA) is 30.9 Å². The van der Waals surface area contributed by atoms with Gasteiger partial charge in [-0.2, -0.15) is 0 Å². The zero-order valence-electron chi connectivity index (χ0n) is 6.94. The lowest BCUT2D eigenvalue weighted by Crippen LogP contribution is -1.92. The first kappa shape index (κ1) is 8.38. The Labute approximate surface area is 85.1 Å². The van der Waals surface area contributed by atoms with Crippen LogP contribution < -0.4 is 5.73 Å². The van der Waals surface area contributed by atoms with Crippen LogP contribution in [0.2, 0.25) is 0 Å². The van der Waals surface area contributed by atoms with Crippen molar-refractivity contribution in [1.29, 1.82) is 0 Å². The Balaban J connectivity index is 2.53. The van der Waals surface area contributed by atoms with Crippen molar-refractivity contribution in [1.82, 2.24) is 4.57 Å². The van der Waals surface area contributed by atoms with E-state index in [-0.39, 0.29) is 0 Å². The van der Waals surface area contributed by atoms with Crippen LogP contribution in [0, 0.1) is 0 Å². The van der Waals surface area contributed by atoms with E-state index in [1.54, 1.807) is 0 Å². The number of benzene rings is 1. The van der Waals surface area contributed by atoms with E-state index in [4.69, 9.17) is 5.73 Å². The smallest absolute Gasteiger partial charge is 0.0593 e. The van der Waals surface area contributed by atoms with Gasteiger partial charge in [-0.3, -0.25) is 0 Å². The van der Waals surface area contributed by atoms with Crippen LogP contribution in [0.1, 0.15) is 0 Å². The van der Waals surface area contributed by atoms with Gasteiger partial charge in [0.05, 0.1) is 5.69 Å². The van der Waals surface area contributed by atoms with Gasteiger partial charge in [0.15, 0.2) is 0 Å². The molecule has 0 fully saturated rings. The van der Waals surface area contributed by atoms with Crippen LogP contribution in [-0.2, 0) is 0 Å². The Morgan fingerprint density at radius 3 is 2.46 bits per heavy atom. The second-order valence-corrected chi connectivity index (χ2v) is 3.66. The van der Waals surface area contributed by atoms with Crippen LogP contribution in [0.25, 0.3) is 5.69 Å². The Morgan fingerprint density at radius 2 is 1.85 bits per heavy atom. The van der Waals surface area contributed by atoms with Gasteiger partial charge in [0.2, 0.25) is 0 Å². The Morgan fingerprint density at radius 1 is 1.15 bits per heavy atom. The maximum atomic E-state index is 5.64. The maximum absolute atomic E-state index is 5.64. The number of nitrogens with zero attached hydrogens (tertiary/aromatic N) is 1. The molecule has 1 aromatic carbocycles. The highest BCUT2D eigenvalue weighted by Crippen LogP contribution is 2.23. The van der Waals surface area contributed by atoms with Gasteiger partial charge < -0.3 is 10.3 Å². The van der Waals surface area contributed by atoms with E-state index < -0.39 is 0 Å². The number of aromatic nitrogens is 1. The molecular formula is C10H9BrN2. The molecule has 0 saturated heterocycles. The van der Waals surface area contributed by atoms with Gasteiger partial charge >= 0.3 is 0 Å². The summed E-state index contributed by atoms with van der Waals surface area (Å²) in [6, 6.07) is 9.75. The van der Waals surface area contributed by atoms with Gasteiger partial charge in [0.1, 0.15) is 0 Å². The van der Waals surface area contributed by atoms with Gasteiger partial charge in [-0.25, -0.2) is 0 Å². The molecule has 3 heteroatoms. The molecule has 0 spiro atoms. The lowest BCUT2D eigenvalue weighted by molar-refractivity contribution is 1.07. The quantitative estimate of drug-likeness (QED) is 0.759. The van der Waals surface area contributed by atoms with Crippen molar-refractivity contribution in [2.45, 2.75) is 0 Å². The molecule has 0 saturated carbocycles. The highest BCUT2D eigenvalue weighted by atomic mass is 79.9. The Kier molecular flexibility index (Phi) is 2.10. The molecule has 0 aliphatic carbocycles. The normalized spacial score (nSPS) is 10.2. The van der Waals surface area contributed by atoms with E-state index in [0.29, 0.717) is 0 Å². The summed E-state index contributed by atoms with van der Waals surface area (Å²) in [7, 11) is 0. The van der Waals surface area contributed by atoms with E-state index in [1.807, 2.05) is 47.3 Å². The lowest BCUT2D eigenvalue weighted by atomic mass is 10.3. The molecule has 1 aromatic heterocycles. The van der Waals surface area contributed by atoms with Gasteiger partial charge in [0, 0.05) is 22.6 Å². The van der Waals surface area contributed by atoms with Gasteiger partial charge in [-0.05, 0) is 46.3 Å². The lowest BCUT2D eigenvalue weighted by Gasteiger charge is -2.05. The number of hydrogen-bond donors (Lipinski definition) is 1. The largest absolute Gasteiger partial charge is 0.399 e. The predicted molar refractivity (Wildman–Crippen MR) is 57.9 cm³/mol. The molecule has 66 valence electrons. The van der Waals surface area contributed by atoms with Crippen LogP contribution in [0.3, 0.4) is 0 Å². The fourth-order valence-corrected chi connectivity index (χ4v) is 1.83. The van der Waals surface area contributed by atoms with Crippen molar-refractivity contribution >= 4 is 21.6 Å². The fraction of sp³-hybridized carbons (Fsp3) is 0. The molecule has 13 heavy (non-hydrogen) atoms. The number of nitrogens with two attached hydrogens (primary N) is 1. The van der Waals surface area contributed by atoms with Crippen LogP contribution in [0.4, 0.5) is 5.69 Å². The fourth-order valence-electron chi connectivity index (χ4n) is 1.23. The molecule has 2 aromatic rings. The average molecular weight is 237 g/mol. The van der Waals surface area contributed by atoms with Crippen molar-refractivity contribution in [3.8, 4) is 5.69 Å². The molecule has 1 heterocycles. The van der Waals surface area contributed by atoms with Crippen molar-refractivity contribution < 1.29 is 0 Å². The van der Waals surface area contributed by atoms with Crippen molar-refractivity contribution in [3.63, 3.8) is 0 Å². The summed E-state index contributed by atoms with van der Waals surface area (Å²) < 4.78 is 3.03. The summed E-state index contributed by atoms with van der Waals surface area (Å²) in [6.07, 6.45) is 3.99. The minimum Gasteiger partial charge on any atom is -0.399 e. The standard InChI is InChI=1S/C10H9BrN2/c11-9-7-8(12)3-4-10(9)13-5-1-2-6-13/h1-7H,12H2. The predicted octanol–water partition coefficient (Wildman–Crippen LogP) is 2.82. The molecule has 2 rings (SSSR count). The van der Waals surface area contributed by atoms with E-state index in [1.165, 1.54) is 0 Å². The van der Waals surface area contributed by atoms with E-state index in [0.717, 1.165) is 15.8 Å². The van der Waals surface area contributed by atoms with E-state index in [9.17, 15) is 0 Å². The summed E-state index contributed by atoms with van der Waals surface area (Å²) in [4.78, 5) is 0. The van der Waals surface area contributed by atoms with E-state index in [2.05, 4.69) is 15.9 Å². The van der Waals surface area contributed by atoms with Crippen LogP contribution in [0.15, 0.2) is 47.2 Å². The SMILES string of the molecule is Nc1ccc(-n2cccc2)c(Br)c1. The number of nitrogen functional groups attached to an aromatic ring is 1. The Hall–Kier alpha value is -1.22.